The second kappa shape index (κ2) is 4.02. The van der Waals surface area contributed by atoms with Crippen LogP contribution < -0.4 is 4.74 Å². The van der Waals surface area contributed by atoms with Gasteiger partial charge in [0, 0.05) is 18.5 Å². The summed E-state index contributed by atoms with van der Waals surface area (Å²) in [7, 11) is 0. The predicted molar refractivity (Wildman–Crippen MR) is 52.1 cm³/mol. The fourth-order valence-electron chi connectivity index (χ4n) is 1.20. The van der Waals surface area contributed by atoms with E-state index in [-0.39, 0.29) is 6.61 Å². The average molecular weight is 190 g/mol. The Balaban J connectivity index is 2.32. The van der Waals surface area contributed by atoms with Gasteiger partial charge in [0.2, 0.25) is 0 Å². The van der Waals surface area contributed by atoms with Crippen molar-refractivity contribution in [2.45, 2.75) is 0 Å². The normalized spacial score (nSPS) is 10.4. The van der Waals surface area contributed by atoms with Gasteiger partial charge in [0.25, 0.3) is 0 Å². The van der Waals surface area contributed by atoms with E-state index in [1.807, 2.05) is 12.1 Å². The number of aliphatic hydroxyl groups is 1. The molecule has 0 aliphatic carbocycles. The molecule has 0 amide bonds. The zero-order valence-corrected chi connectivity index (χ0v) is 7.55. The van der Waals surface area contributed by atoms with E-state index in [0.29, 0.717) is 12.4 Å². The van der Waals surface area contributed by atoms with Crippen LogP contribution in [0.15, 0.2) is 30.6 Å². The number of hydrogen-bond acceptors (Lipinski definition) is 4. The SMILES string of the molecule is OCCOc1ccc2nccnc2c1. The minimum Gasteiger partial charge on any atom is -0.491 e. The smallest absolute Gasteiger partial charge is 0.121 e. The van der Waals surface area contributed by atoms with Gasteiger partial charge in [-0.05, 0) is 12.1 Å². The highest BCUT2D eigenvalue weighted by Gasteiger charge is 1.97. The molecule has 0 saturated heterocycles. The van der Waals surface area contributed by atoms with Crippen LogP contribution in [0.4, 0.5) is 0 Å². The summed E-state index contributed by atoms with van der Waals surface area (Å²) in [6.07, 6.45) is 3.29. The summed E-state index contributed by atoms with van der Waals surface area (Å²) in [6, 6.07) is 5.46. The molecule has 0 fully saturated rings. The van der Waals surface area contributed by atoms with E-state index >= 15 is 0 Å². The number of fused-ring (bicyclic) bond motifs is 1. The van der Waals surface area contributed by atoms with Gasteiger partial charge in [-0.1, -0.05) is 0 Å². The molecule has 4 nitrogen and oxygen atoms in total. The van der Waals surface area contributed by atoms with Crippen LogP contribution in [0, 0.1) is 0 Å². The van der Waals surface area contributed by atoms with Crippen LogP contribution in [0.1, 0.15) is 0 Å². The Bertz CT molecular complexity index is 431. The number of rotatable bonds is 3. The largest absolute Gasteiger partial charge is 0.491 e. The van der Waals surface area contributed by atoms with Gasteiger partial charge in [0.05, 0.1) is 17.6 Å². The standard InChI is InChI=1S/C10H10N2O2/c13-5-6-14-8-1-2-9-10(7-8)12-4-3-11-9/h1-4,7,13H,5-6H2. The maximum Gasteiger partial charge on any atom is 0.121 e. The Labute approximate surface area is 81.2 Å². The molecule has 0 aliphatic heterocycles. The summed E-state index contributed by atoms with van der Waals surface area (Å²) in [5.74, 6) is 0.701. The van der Waals surface area contributed by atoms with Crippen LogP contribution in [0.2, 0.25) is 0 Å². The molecule has 2 rings (SSSR count). The number of aromatic nitrogens is 2. The minimum atomic E-state index is 0.0124. The van der Waals surface area contributed by atoms with Crippen LogP contribution in [-0.2, 0) is 0 Å². The summed E-state index contributed by atoms with van der Waals surface area (Å²) in [5.41, 5.74) is 1.63. The molecule has 0 atom stereocenters. The first-order chi connectivity index (χ1) is 6.90. The van der Waals surface area contributed by atoms with Crippen molar-refractivity contribution in [3.05, 3.63) is 30.6 Å². The third kappa shape index (κ3) is 1.80. The molecule has 0 unspecified atom stereocenters. The molecule has 4 heteroatoms. The van der Waals surface area contributed by atoms with Crippen molar-refractivity contribution in [2.75, 3.05) is 13.2 Å². The molecule has 0 spiro atoms. The minimum absolute atomic E-state index is 0.0124. The number of aliphatic hydroxyl groups excluding tert-OH is 1. The van der Waals surface area contributed by atoms with E-state index in [0.717, 1.165) is 11.0 Å². The van der Waals surface area contributed by atoms with Crippen LogP contribution in [0.5, 0.6) is 5.75 Å². The lowest BCUT2D eigenvalue weighted by Crippen LogP contribution is -2.01. The average Bonchev–Trinajstić information content (AvgIpc) is 2.26. The Morgan fingerprint density at radius 1 is 1.14 bits per heavy atom. The van der Waals surface area contributed by atoms with Crippen molar-refractivity contribution in [1.82, 2.24) is 9.97 Å². The fraction of sp³-hybridized carbons (Fsp3) is 0.200. The Morgan fingerprint density at radius 3 is 2.71 bits per heavy atom. The van der Waals surface area contributed by atoms with Crippen molar-refractivity contribution >= 4 is 11.0 Å². The molecular formula is C10H10N2O2. The quantitative estimate of drug-likeness (QED) is 0.784. The molecule has 0 bridgehead atoms. The van der Waals surface area contributed by atoms with Crippen LogP contribution in [0.3, 0.4) is 0 Å². The van der Waals surface area contributed by atoms with Gasteiger partial charge in [-0.25, -0.2) is 0 Å². The van der Waals surface area contributed by atoms with Crippen molar-refractivity contribution in [2.24, 2.45) is 0 Å². The van der Waals surface area contributed by atoms with Crippen molar-refractivity contribution in [3.8, 4) is 5.75 Å². The lowest BCUT2D eigenvalue weighted by atomic mass is 10.3. The topological polar surface area (TPSA) is 55.2 Å². The van der Waals surface area contributed by atoms with Crippen molar-refractivity contribution in [3.63, 3.8) is 0 Å². The molecule has 1 aromatic carbocycles. The molecule has 0 saturated carbocycles. The number of ether oxygens (including phenoxy) is 1. The van der Waals surface area contributed by atoms with Crippen LogP contribution in [0.25, 0.3) is 11.0 Å². The molecule has 0 aliphatic rings. The zero-order valence-electron chi connectivity index (χ0n) is 7.55. The highest BCUT2D eigenvalue weighted by atomic mass is 16.5. The van der Waals surface area contributed by atoms with E-state index in [1.54, 1.807) is 18.5 Å². The second-order valence-electron chi connectivity index (χ2n) is 2.78. The number of benzene rings is 1. The molecule has 2 aromatic rings. The molecule has 14 heavy (non-hydrogen) atoms. The summed E-state index contributed by atoms with van der Waals surface area (Å²) in [5, 5.41) is 8.59. The zero-order chi connectivity index (χ0) is 9.80. The third-order valence-corrected chi connectivity index (χ3v) is 1.80. The Hall–Kier alpha value is -1.68. The first-order valence-corrected chi connectivity index (χ1v) is 4.34. The van der Waals surface area contributed by atoms with Crippen molar-refractivity contribution < 1.29 is 9.84 Å². The maximum absolute atomic E-state index is 8.59. The highest BCUT2D eigenvalue weighted by molar-refractivity contribution is 5.75. The van der Waals surface area contributed by atoms with E-state index in [4.69, 9.17) is 9.84 Å². The second-order valence-corrected chi connectivity index (χ2v) is 2.78. The molecule has 0 radical (unpaired) electrons. The van der Waals surface area contributed by atoms with Gasteiger partial charge in [-0.15, -0.1) is 0 Å². The summed E-state index contributed by atoms with van der Waals surface area (Å²) >= 11 is 0. The van der Waals surface area contributed by atoms with Crippen LogP contribution in [-0.4, -0.2) is 28.3 Å². The van der Waals surface area contributed by atoms with Gasteiger partial charge >= 0.3 is 0 Å². The van der Waals surface area contributed by atoms with E-state index in [1.165, 1.54) is 0 Å². The van der Waals surface area contributed by atoms with Gasteiger partial charge in [-0.3, -0.25) is 9.97 Å². The summed E-state index contributed by atoms with van der Waals surface area (Å²) in [6.45, 7) is 0.310. The highest BCUT2D eigenvalue weighted by Crippen LogP contribution is 2.16. The van der Waals surface area contributed by atoms with E-state index in [2.05, 4.69) is 9.97 Å². The van der Waals surface area contributed by atoms with Gasteiger partial charge in [0.1, 0.15) is 12.4 Å². The molecule has 1 aromatic heterocycles. The maximum atomic E-state index is 8.59. The van der Waals surface area contributed by atoms with E-state index < -0.39 is 0 Å². The lowest BCUT2D eigenvalue weighted by molar-refractivity contribution is 0.201. The molecule has 1 N–H and O–H groups in total. The predicted octanol–water partition coefficient (Wildman–Crippen LogP) is 1.00. The lowest BCUT2D eigenvalue weighted by Gasteiger charge is -2.03. The van der Waals surface area contributed by atoms with E-state index in [9.17, 15) is 0 Å². The summed E-state index contributed by atoms with van der Waals surface area (Å²) < 4.78 is 5.25. The Morgan fingerprint density at radius 2 is 1.93 bits per heavy atom. The fourth-order valence-corrected chi connectivity index (χ4v) is 1.20. The Kier molecular flexibility index (Phi) is 2.55. The molecule has 72 valence electrons. The van der Waals surface area contributed by atoms with Gasteiger partial charge in [0.15, 0.2) is 0 Å². The molecule has 1 heterocycles. The first-order valence-electron chi connectivity index (χ1n) is 4.34. The van der Waals surface area contributed by atoms with Gasteiger partial charge in [-0.2, -0.15) is 0 Å². The monoisotopic (exact) mass is 190 g/mol. The number of hydrogen-bond donors (Lipinski definition) is 1. The third-order valence-electron chi connectivity index (χ3n) is 1.80. The van der Waals surface area contributed by atoms with Crippen molar-refractivity contribution in [1.29, 1.82) is 0 Å². The van der Waals surface area contributed by atoms with Gasteiger partial charge < -0.3 is 9.84 Å². The van der Waals surface area contributed by atoms with Crippen LogP contribution >= 0.6 is 0 Å². The molecular weight excluding hydrogens is 180 g/mol. The number of nitrogens with zero attached hydrogens (tertiary/aromatic N) is 2. The first kappa shape index (κ1) is 8.90. The summed E-state index contributed by atoms with van der Waals surface area (Å²) in [4.78, 5) is 8.28.